The second kappa shape index (κ2) is 8.40. The Labute approximate surface area is 154 Å². The van der Waals surface area contributed by atoms with E-state index in [1.807, 2.05) is 0 Å². The van der Waals surface area contributed by atoms with E-state index in [1.165, 1.54) is 24.1 Å². The highest BCUT2D eigenvalue weighted by Crippen LogP contribution is 2.34. The fraction of sp³-hybridized carbons (Fsp3) is 0.438. The van der Waals surface area contributed by atoms with E-state index in [-0.39, 0.29) is 39.7 Å². The van der Waals surface area contributed by atoms with Crippen molar-refractivity contribution in [3.05, 3.63) is 27.7 Å². The predicted octanol–water partition coefficient (Wildman–Crippen LogP) is 1.88. The number of nitrogens with two attached hydrogens (primary N) is 1. The monoisotopic (exact) mass is 388 g/mol. The number of rotatable bonds is 5. The largest absolute Gasteiger partial charge is 0.494 e. The van der Waals surface area contributed by atoms with Crippen LogP contribution < -0.4 is 10.5 Å². The molecule has 1 heterocycles. The third-order valence-corrected chi connectivity index (χ3v) is 4.50. The first-order chi connectivity index (χ1) is 11.8. The molecule has 1 atom stereocenters. The summed E-state index contributed by atoms with van der Waals surface area (Å²) in [6.07, 6.45) is 1.33. The van der Waals surface area contributed by atoms with Gasteiger partial charge in [-0.2, -0.15) is 0 Å². The number of likely N-dealkylation sites (tertiary alicyclic amines) is 1. The average Bonchev–Trinajstić information content (AvgIpc) is 2.59. The van der Waals surface area contributed by atoms with E-state index in [4.69, 9.17) is 38.4 Å². The summed E-state index contributed by atoms with van der Waals surface area (Å²) in [6.45, 7) is 0.303. The molecule has 25 heavy (non-hydrogen) atoms. The number of piperidine rings is 1. The quantitative estimate of drug-likeness (QED) is 0.776. The summed E-state index contributed by atoms with van der Waals surface area (Å²) in [5.74, 6) is -1.67. The lowest BCUT2D eigenvalue weighted by Gasteiger charge is -2.31. The fourth-order valence-electron chi connectivity index (χ4n) is 2.61. The van der Waals surface area contributed by atoms with Gasteiger partial charge in [0, 0.05) is 13.1 Å². The highest BCUT2D eigenvalue weighted by molar-refractivity contribution is 6.37. The lowest BCUT2D eigenvalue weighted by Crippen LogP contribution is -2.45. The van der Waals surface area contributed by atoms with Gasteiger partial charge in [0.25, 0.3) is 5.91 Å². The number of hydrogen-bond acceptors (Lipinski definition) is 5. The molecule has 7 nitrogen and oxygen atoms in total. The highest BCUT2D eigenvalue weighted by Gasteiger charge is 2.27. The molecule has 1 aliphatic rings. The first-order valence-electron chi connectivity index (χ1n) is 7.60. The fourth-order valence-corrected chi connectivity index (χ4v) is 3.25. The van der Waals surface area contributed by atoms with Crippen molar-refractivity contribution in [3.63, 3.8) is 0 Å². The molecule has 1 aromatic carbocycles. The Morgan fingerprint density at radius 1 is 1.28 bits per heavy atom. The van der Waals surface area contributed by atoms with Gasteiger partial charge >= 0.3 is 5.97 Å². The molecular weight excluding hydrogens is 371 g/mol. The van der Waals surface area contributed by atoms with Gasteiger partial charge in [-0.25, -0.2) is 4.79 Å². The Hall–Kier alpha value is -1.99. The van der Waals surface area contributed by atoms with Gasteiger partial charge in [0.05, 0.1) is 28.6 Å². The van der Waals surface area contributed by atoms with Gasteiger partial charge in [-0.15, -0.1) is 0 Å². The summed E-state index contributed by atoms with van der Waals surface area (Å²) >= 11 is 11.9. The maximum atomic E-state index is 12.2. The van der Waals surface area contributed by atoms with E-state index in [0.29, 0.717) is 19.4 Å². The van der Waals surface area contributed by atoms with Crippen LogP contribution in [0.1, 0.15) is 23.2 Å². The van der Waals surface area contributed by atoms with Gasteiger partial charge in [0.15, 0.2) is 12.4 Å². The number of primary amides is 1. The Kier molecular flexibility index (Phi) is 6.50. The van der Waals surface area contributed by atoms with Crippen LogP contribution in [0.5, 0.6) is 5.75 Å². The number of amides is 2. The maximum Gasteiger partial charge on any atom is 0.338 e. The van der Waals surface area contributed by atoms with Crippen LogP contribution in [-0.2, 0) is 14.3 Å². The van der Waals surface area contributed by atoms with Gasteiger partial charge in [-0.3, -0.25) is 9.59 Å². The summed E-state index contributed by atoms with van der Waals surface area (Å²) < 4.78 is 10.0. The van der Waals surface area contributed by atoms with Crippen molar-refractivity contribution in [2.75, 3.05) is 26.8 Å². The van der Waals surface area contributed by atoms with E-state index in [0.717, 1.165) is 0 Å². The van der Waals surface area contributed by atoms with Gasteiger partial charge < -0.3 is 20.1 Å². The molecule has 0 spiro atoms. The predicted molar refractivity (Wildman–Crippen MR) is 91.8 cm³/mol. The van der Waals surface area contributed by atoms with Crippen LogP contribution in [0.3, 0.4) is 0 Å². The smallest absolute Gasteiger partial charge is 0.338 e. The van der Waals surface area contributed by atoms with E-state index in [2.05, 4.69) is 0 Å². The van der Waals surface area contributed by atoms with E-state index in [1.54, 1.807) is 0 Å². The number of methoxy groups -OCH3 is 1. The van der Waals surface area contributed by atoms with Crippen LogP contribution in [0.25, 0.3) is 0 Å². The number of carbonyl (C=O) groups is 3. The van der Waals surface area contributed by atoms with Gasteiger partial charge in [0.1, 0.15) is 0 Å². The molecule has 0 aromatic heterocycles. The van der Waals surface area contributed by atoms with Crippen LogP contribution in [0.15, 0.2) is 12.1 Å². The normalized spacial score (nSPS) is 17.1. The van der Waals surface area contributed by atoms with Gasteiger partial charge in [-0.05, 0) is 25.0 Å². The van der Waals surface area contributed by atoms with Gasteiger partial charge in [0.2, 0.25) is 5.91 Å². The number of carbonyl (C=O) groups excluding carboxylic acids is 3. The summed E-state index contributed by atoms with van der Waals surface area (Å²) in [6, 6.07) is 2.70. The number of halogens is 2. The number of hydrogen-bond donors (Lipinski definition) is 1. The summed E-state index contributed by atoms with van der Waals surface area (Å²) in [7, 11) is 1.40. The third kappa shape index (κ3) is 4.76. The number of benzene rings is 1. The summed E-state index contributed by atoms with van der Waals surface area (Å²) in [5.41, 5.74) is 5.39. The van der Waals surface area contributed by atoms with Crippen LogP contribution in [-0.4, -0.2) is 49.5 Å². The zero-order chi connectivity index (χ0) is 18.6. The Morgan fingerprint density at radius 3 is 2.48 bits per heavy atom. The van der Waals surface area contributed by atoms with E-state index in [9.17, 15) is 14.4 Å². The molecule has 0 unspecified atom stereocenters. The molecule has 1 aromatic rings. The second-order valence-corrected chi connectivity index (χ2v) is 6.44. The lowest BCUT2D eigenvalue weighted by atomic mass is 9.97. The van der Waals surface area contributed by atoms with Crippen molar-refractivity contribution in [1.29, 1.82) is 0 Å². The molecule has 136 valence electrons. The Bertz CT molecular complexity index is 672. The molecule has 0 saturated carbocycles. The maximum absolute atomic E-state index is 12.2. The third-order valence-electron chi connectivity index (χ3n) is 3.94. The minimum atomic E-state index is -0.733. The van der Waals surface area contributed by atoms with Crippen LogP contribution in [0.2, 0.25) is 10.0 Å². The van der Waals surface area contributed by atoms with Crippen molar-refractivity contribution in [3.8, 4) is 5.75 Å². The van der Waals surface area contributed by atoms with Crippen molar-refractivity contribution in [2.45, 2.75) is 12.8 Å². The highest BCUT2D eigenvalue weighted by atomic mass is 35.5. The van der Waals surface area contributed by atoms with Crippen molar-refractivity contribution in [1.82, 2.24) is 4.90 Å². The van der Waals surface area contributed by atoms with Crippen molar-refractivity contribution >= 4 is 41.0 Å². The second-order valence-electron chi connectivity index (χ2n) is 5.63. The molecule has 2 rings (SSSR count). The van der Waals surface area contributed by atoms with Crippen LogP contribution in [0.4, 0.5) is 0 Å². The average molecular weight is 389 g/mol. The minimum Gasteiger partial charge on any atom is -0.494 e. The molecule has 1 aliphatic heterocycles. The SMILES string of the molecule is COc1c(Cl)cc(C(=O)OCC(=O)N2CCC[C@H](C(N)=O)C2)cc1Cl. The van der Waals surface area contributed by atoms with Crippen LogP contribution >= 0.6 is 23.2 Å². The standard InChI is InChI=1S/C16H18Cl2N2O5/c1-24-14-11(17)5-10(6-12(14)18)16(23)25-8-13(21)20-4-2-3-9(7-20)15(19)22/h5-6,9H,2-4,7-8H2,1H3,(H2,19,22)/t9-/m0/s1. The first kappa shape index (κ1) is 19.3. The summed E-state index contributed by atoms with van der Waals surface area (Å²) in [4.78, 5) is 37.0. The first-order valence-corrected chi connectivity index (χ1v) is 8.36. The molecule has 1 saturated heterocycles. The topological polar surface area (TPSA) is 98.9 Å². The minimum absolute atomic E-state index is 0.109. The van der Waals surface area contributed by atoms with Crippen molar-refractivity contribution in [2.24, 2.45) is 11.7 Å². The van der Waals surface area contributed by atoms with E-state index < -0.39 is 18.5 Å². The summed E-state index contributed by atoms with van der Waals surface area (Å²) in [5, 5.41) is 0.321. The molecule has 9 heteroatoms. The zero-order valence-electron chi connectivity index (χ0n) is 13.6. The van der Waals surface area contributed by atoms with Crippen molar-refractivity contribution < 1.29 is 23.9 Å². The lowest BCUT2D eigenvalue weighted by molar-refractivity contribution is -0.137. The number of nitrogens with zero attached hydrogens (tertiary/aromatic N) is 1. The molecule has 0 radical (unpaired) electrons. The van der Waals surface area contributed by atoms with E-state index >= 15 is 0 Å². The zero-order valence-corrected chi connectivity index (χ0v) is 15.1. The Balaban J connectivity index is 1.95. The molecule has 2 amide bonds. The molecular formula is C16H18Cl2N2O5. The van der Waals surface area contributed by atoms with Crippen LogP contribution in [0, 0.1) is 5.92 Å². The molecule has 2 N–H and O–H groups in total. The molecule has 0 aliphatic carbocycles. The van der Waals surface area contributed by atoms with Gasteiger partial charge in [-0.1, -0.05) is 23.2 Å². The number of esters is 1. The number of ether oxygens (including phenoxy) is 2. The Morgan fingerprint density at radius 2 is 1.92 bits per heavy atom. The molecule has 1 fully saturated rings. The molecule has 0 bridgehead atoms.